The molecule has 4 rings (SSSR count). The smallest absolute Gasteiger partial charge is 0.227 e. The average Bonchev–Trinajstić information content (AvgIpc) is 3.06. The van der Waals surface area contributed by atoms with Gasteiger partial charge in [-0.1, -0.05) is 42.5 Å². The van der Waals surface area contributed by atoms with Gasteiger partial charge in [0, 0.05) is 32.7 Å². The third-order valence-electron chi connectivity index (χ3n) is 5.71. The van der Waals surface area contributed by atoms with Gasteiger partial charge in [-0.05, 0) is 53.9 Å². The number of ether oxygens (including phenoxy) is 2. The Morgan fingerprint density at radius 3 is 2.31 bits per heavy atom. The van der Waals surface area contributed by atoms with Crippen LogP contribution in [-0.4, -0.2) is 49.0 Å². The summed E-state index contributed by atoms with van der Waals surface area (Å²) in [5.41, 5.74) is 2.21. The van der Waals surface area contributed by atoms with Gasteiger partial charge in [-0.3, -0.25) is 9.69 Å². The number of rotatable bonds is 7. The van der Waals surface area contributed by atoms with Gasteiger partial charge >= 0.3 is 0 Å². The highest BCUT2D eigenvalue weighted by atomic mass is 16.5. The van der Waals surface area contributed by atoms with Crippen molar-refractivity contribution >= 4 is 5.91 Å². The fraction of sp³-hybridized carbons (Fsp3) is 0.296. The number of amides is 1. The number of hydrogen-bond donors (Lipinski definition) is 0. The zero-order valence-corrected chi connectivity index (χ0v) is 18.6. The number of carbonyl (C=O) groups excluding carboxylic acids is 1. The molecule has 5 nitrogen and oxygen atoms in total. The Balaban J connectivity index is 1.31. The molecule has 0 atom stereocenters. The van der Waals surface area contributed by atoms with Crippen molar-refractivity contribution in [1.82, 2.24) is 9.80 Å². The van der Waals surface area contributed by atoms with Crippen molar-refractivity contribution < 1.29 is 14.3 Å². The number of hydrogen-bond acceptors (Lipinski definition) is 4. The van der Waals surface area contributed by atoms with E-state index in [1.807, 2.05) is 71.6 Å². The van der Waals surface area contributed by atoms with Crippen molar-refractivity contribution in [3.63, 3.8) is 0 Å². The van der Waals surface area contributed by atoms with E-state index in [0.29, 0.717) is 6.42 Å². The summed E-state index contributed by atoms with van der Waals surface area (Å²) in [5, 5.41) is 0. The number of para-hydroxylation sites is 1. The second-order valence-corrected chi connectivity index (χ2v) is 8.10. The molecule has 166 valence electrons. The maximum Gasteiger partial charge on any atom is 0.227 e. The summed E-state index contributed by atoms with van der Waals surface area (Å²) in [4.78, 5) is 17.3. The monoisotopic (exact) mass is 430 g/mol. The molecule has 0 saturated carbocycles. The van der Waals surface area contributed by atoms with E-state index in [1.54, 1.807) is 7.11 Å². The topological polar surface area (TPSA) is 42.0 Å². The summed E-state index contributed by atoms with van der Waals surface area (Å²) < 4.78 is 11.2. The van der Waals surface area contributed by atoms with Crippen molar-refractivity contribution in [3.8, 4) is 17.2 Å². The molecule has 0 bridgehead atoms. The molecule has 0 spiro atoms. The molecule has 0 aromatic heterocycles. The van der Waals surface area contributed by atoms with Crippen molar-refractivity contribution in [2.45, 2.75) is 19.4 Å². The molecule has 5 heteroatoms. The number of nitrogens with zero attached hydrogens (tertiary/aromatic N) is 2. The van der Waals surface area contributed by atoms with E-state index in [2.05, 4.69) is 17.0 Å². The maximum absolute atomic E-state index is 12.9. The van der Waals surface area contributed by atoms with Crippen LogP contribution in [0.15, 0.2) is 78.9 Å². The summed E-state index contributed by atoms with van der Waals surface area (Å²) in [5.74, 6) is 2.65. The molecule has 3 aromatic rings. The highest BCUT2D eigenvalue weighted by Crippen LogP contribution is 2.23. The van der Waals surface area contributed by atoms with E-state index in [9.17, 15) is 4.79 Å². The number of methoxy groups -OCH3 is 1. The quantitative estimate of drug-likeness (QED) is 0.542. The molecule has 1 aliphatic rings. The third-order valence-corrected chi connectivity index (χ3v) is 5.71. The summed E-state index contributed by atoms with van der Waals surface area (Å²) in [6, 6.07) is 25.8. The molecule has 0 aliphatic carbocycles. The molecule has 1 saturated heterocycles. The van der Waals surface area contributed by atoms with Crippen LogP contribution in [0.1, 0.15) is 17.5 Å². The highest BCUT2D eigenvalue weighted by molar-refractivity contribution is 5.79. The predicted octanol–water partition coefficient (Wildman–Crippen LogP) is 4.76. The first kappa shape index (κ1) is 21.9. The van der Waals surface area contributed by atoms with Gasteiger partial charge in [-0.25, -0.2) is 0 Å². The van der Waals surface area contributed by atoms with Crippen LogP contribution in [0.2, 0.25) is 0 Å². The molecule has 1 amide bonds. The van der Waals surface area contributed by atoms with Crippen molar-refractivity contribution in [2.75, 3.05) is 33.3 Å². The minimum absolute atomic E-state index is 0.179. The summed E-state index contributed by atoms with van der Waals surface area (Å²) >= 11 is 0. The second kappa shape index (κ2) is 10.8. The van der Waals surface area contributed by atoms with Gasteiger partial charge in [0.1, 0.15) is 17.2 Å². The molecule has 1 aliphatic heterocycles. The molecule has 3 aromatic carbocycles. The van der Waals surface area contributed by atoms with Crippen LogP contribution in [0, 0.1) is 0 Å². The highest BCUT2D eigenvalue weighted by Gasteiger charge is 2.19. The van der Waals surface area contributed by atoms with Crippen LogP contribution in [0.25, 0.3) is 0 Å². The Morgan fingerprint density at radius 1 is 0.781 bits per heavy atom. The lowest BCUT2D eigenvalue weighted by atomic mass is 10.1. The molecule has 0 N–H and O–H groups in total. The van der Waals surface area contributed by atoms with Gasteiger partial charge in [-0.2, -0.15) is 0 Å². The lowest BCUT2D eigenvalue weighted by molar-refractivity contribution is -0.130. The van der Waals surface area contributed by atoms with Crippen LogP contribution in [0.4, 0.5) is 0 Å². The molecule has 32 heavy (non-hydrogen) atoms. The molecular weight excluding hydrogens is 400 g/mol. The second-order valence-electron chi connectivity index (χ2n) is 8.10. The largest absolute Gasteiger partial charge is 0.497 e. The lowest BCUT2D eigenvalue weighted by Gasteiger charge is -2.22. The SMILES string of the molecule is COc1cccc(CC(=O)N2CCCN(Cc3cccc(Oc4ccccc4)c3)CC2)c1. The van der Waals surface area contributed by atoms with E-state index in [1.165, 1.54) is 5.56 Å². The molecule has 0 radical (unpaired) electrons. The first-order chi connectivity index (χ1) is 15.7. The van der Waals surface area contributed by atoms with E-state index >= 15 is 0 Å². The molecule has 1 fully saturated rings. The Hall–Kier alpha value is -3.31. The summed E-state index contributed by atoms with van der Waals surface area (Å²) in [6.07, 6.45) is 1.39. The van der Waals surface area contributed by atoms with Crippen LogP contribution in [0.3, 0.4) is 0 Å². The van der Waals surface area contributed by atoms with E-state index in [4.69, 9.17) is 9.47 Å². The van der Waals surface area contributed by atoms with E-state index in [0.717, 1.165) is 62.0 Å². The van der Waals surface area contributed by atoms with Crippen LogP contribution in [-0.2, 0) is 17.8 Å². The number of carbonyl (C=O) groups is 1. The molecular formula is C27H30N2O3. The van der Waals surface area contributed by atoms with Gasteiger partial charge in [0.2, 0.25) is 5.91 Å². The fourth-order valence-electron chi connectivity index (χ4n) is 4.04. The Morgan fingerprint density at radius 2 is 1.50 bits per heavy atom. The minimum atomic E-state index is 0.179. The van der Waals surface area contributed by atoms with Gasteiger partial charge < -0.3 is 14.4 Å². The summed E-state index contributed by atoms with van der Waals surface area (Å²) in [7, 11) is 1.65. The Kier molecular flexibility index (Phi) is 7.41. The van der Waals surface area contributed by atoms with Crippen molar-refractivity contribution in [3.05, 3.63) is 90.0 Å². The zero-order chi connectivity index (χ0) is 22.2. The first-order valence-electron chi connectivity index (χ1n) is 11.1. The number of benzene rings is 3. The van der Waals surface area contributed by atoms with E-state index in [-0.39, 0.29) is 5.91 Å². The first-order valence-corrected chi connectivity index (χ1v) is 11.1. The van der Waals surface area contributed by atoms with Crippen LogP contribution >= 0.6 is 0 Å². The summed E-state index contributed by atoms with van der Waals surface area (Å²) in [6.45, 7) is 4.25. The fourth-order valence-corrected chi connectivity index (χ4v) is 4.04. The van der Waals surface area contributed by atoms with Gasteiger partial charge in [0.25, 0.3) is 0 Å². The average molecular weight is 431 g/mol. The van der Waals surface area contributed by atoms with Crippen molar-refractivity contribution in [1.29, 1.82) is 0 Å². The van der Waals surface area contributed by atoms with Gasteiger partial charge in [0.15, 0.2) is 0 Å². The third kappa shape index (κ3) is 6.11. The predicted molar refractivity (Wildman–Crippen MR) is 126 cm³/mol. The van der Waals surface area contributed by atoms with Gasteiger partial charge in [-0.15, -0.1) is 0 Å². The maximum atomic E-state index is 12.9. The van der Waals surface area contributed by atoms with Crippen molar-refractivity contribution in [2.24, 2.45) is 0 Å². The van der Waals surface area contributed by atoms with Crippen LogP contribution < -0.4 is 9.47 Å². The standard InChI is InChI=1S/C27H30N2O3/c1-31-25-12-5-8-22(18-25)20-27(30)29-15-7-14-28(16-17-29)21-23-9-6-13-26(19-23)32-24-10-3-2-4-11-24/h2-6,8-13,18-19H,7,14-17,20-21H2,1H3. The Labute approximate surface area is 190 Å². The minimum Gasteiger partial charge on any atom is -0.497 e. The van der Waals surface area contributed by atoms with Gasteiger partial charge in [0.05, 0.1) is 13.5 Å². The lowest BCUT2D eigenvalue weighted by Crippen LogP contribution is -2.36. The zero-order valence-electron chi connectivity index (χ0n) is 18.6. The van der Waals surface area contributed by atoms with Crippen LogP contribution in [0.5, 0.6) is 17.2 Å². The Bertz CT molecular complexity index is 1020. The normalized spacial score (nSPS) is 14.6. The molecule has 0 unspecified atom stereocenters. The molecule has 1 heterocycles. The van der Waals surface area contributed by atoms with E-state index < -0.39 is 0 Å².